The largest absolute Gasteiger partial charge is 0.481 e. The van der Waals surface area contributed by atoms with Crippen molar-refractivity contribution in [3.8, 4) is 0 Å². The van der Waals surface area contributed by atoms with Gasteiger partial charge in [0, 0.05) is 0 Å². The topological polar surface area (TPSA) is 54.4 Å². The Bertz CT molecular complexity index is 177. The molecule has 0 radical (unpaired) electrons. The third-order valence-corrected chi connectivity index (χ3v) is 1.48. The molecule has 0 rings (SSSR count). The zero-order chi connectivity index (χ0) is 8.85. The SMILES string of the molecule is C=CCC(C(=O)O)C(=O)CCl. The van der Waals surface area contributed by atoms with Crippen LogP contribution in [-0.2, 0) is 9.59 Å². The van der Waals surface area contributed by atoms with Crippen LogP contribution in [0.15, 0.2) is 12.7 Å². The number of hydrogen-bond donors (Lipinski definition) is 1. The minimum atomic E-state index is -1.14. The van der Waals surface area contributed by atoms with Crippen LogP contribution in [0.3, 0.4) is 0 Å². The Morgan fingerprint density at radius 3 is 2.45 bits per heavy atom. The van der Waals surface area contributed by atoms with Gasteiger partial charge in [0.1, 0.15) is 5.92 Å². The van der Waals surface area contributed by atoms with E-state index in [0.717, 1.165) is 0 Å². The summed E-state index contributed by atoms with van der Waals surface area (Å²) in [6, 6.07) is 0. The van der Waals surface area contributed by atoms with Crippen LogP contribution in [0.4, 0.5) is 0 Å². The lowest BCUT2D eigenvalue weighted by molar-refractivity contribution is -0.145. The van der Waals surface area contributed by atoms with E-state index in [0.29, 0.717) is 0 Å². The van der Waals surface area contributed by atoms with Gasteiger partial charge in [-0.3, -0.25) is 9.59 Å². The smallest absolute Gasteiger partial charge is 0.314 e. The number of carboxylic acids is 1. The third kappa shape index (κ3) is 3.18. The maximum atomic E-state index is 10.8. The van der Waals surface area contributed by atoms with E-state index in [1.165, 1.54) is 6.08 Å². The standard InChI is InChI=1S/C7H9ClO3/c1-2-3-5(7(10)11)6(9)4-8/h2,5H,1,3-4H2,(H,10,11). The van der Waals surface area contributed by atoms with E-state index in [1.54, 1.807) is 0 Å². The summed E-state index contributed by atoms with van der Waals surface area (Å²) in [5.74, 6) is -2.90. The van der Waals surface area contributed by atoms with Gasteiger partial charge in [-0.05, 0) is 6.42 Å². The first-order chi connectivity index (χ1) is 5.13. The Kier molecular flexibility index (Phi) is 4.54. The van der Waals surface area contributed by atoms with E-state index in [4.69, 9.17) is 16.7 Å². The molecule has 0 amide bonds. The quantitative estimate of drug-likeness (QED) is 0.387. The average Bonchev–Trinajstić information content (AvgIpc) is 1.98. The first-order valence-electron chi connectivity index (χ1n) is 3.05. The van der Waals surface area contributed by atoms with Gasteiger partial charge in [0.2, 0.25) is 0 Å². The molecule has 0 aromatic rings. The Balaban J connectivity index is 4.20. The van der Waals surface area contributed by atoms with Crippen LogP contribution < -0.4 is 0 Å². The number of carbonyl (C=O) groups excluding carboxylic acids is 1. The van der Waals surface area contributed by atoms with E-state index in [2.05, 4.69) is 6.58 Å². The molecule has 3 nitrogen and oxygen atoms in total. The minimum Gasteiger partial charge on any atom is -0.481 e. The number of carbonyl (C=O) groups is 2. The normalized spacial score (nSPS) is 12.1. The highest BCUT2D eigenvalue weighted by molar-refractivity contribution is 6.29. The van der Waals surface area contributed by atoms with E-state index in [-0.39, 0.29) is 12.3 Å². The summed E-state index contributed by atoms with van der Waals surface area (Å²) in [5.41, 5.74) is 0. The molecule has 0 saturated heterocycles. The number of ketones is 1. The van der Waals surface area contributed by atoms with Gasteiger partial charge >= 0.3 is 5.97 Å². The van der Waals surface area contributed by atoms with Gasteiger partial charge in [0.15, 0.2) is 5.78 Å². The zero-order valence-corrected chi connectivity index (χ0v) is 6.67. The molecule has 0 aromatic carbocycles. The first-order valence-corrected chi connectivity index (χ1v) is 3.59. The second-order valence-corrected chi connectivity index (χ2v) is 2.28. The molecule has 1 N–H and O–H groups in total. The van der Waals surface area contributed by atoms with Crippen molar-refractivity contribution in [2.24, 2.45) is 5.92 Å². The second-order valence-electron chi connectivity index (χ2n) is 2.02. The number of alkyl halides is 1. The Morgan fingerprint density at radius 2 is 2.18 bits per heavy atom. The molecule has 11 heavy (non-hydrogen) atoms. The van der Waals surface area contributed by atoms with Crippen LogP contribution in [0.25, 0.3) is 0 Å². The summed E-state index contributed by atoms with van der Waals surface area (Å²) in [7, 11) is 0. The molecule has 1 atom stereocenters. The lowest BCUT2D eigenvalue weighted by atomic mass is 10.0. The number of allylic oxidation sites excluding steroid dienone is 1. The Morgan fingerprint density at radius 1 is 1.64 bits per heavy atom. The Labute approximate surface area is 69.7 Å². The van der Waals surface area contributed by atoms with Crippen molar-refractivity contribution in [1.29, 1.82) is 0 Å². The fraction of sp³-hybridized carbons (Fsp3) is 0.429. The summed E-state index contributed by atoms with van der Waals surface area (Å²) in [6.45, 7) is 3.34. The van der Waals surface area contributed by atoms with E-state index >= 15 is 0 Å². The van der Waals surface area contributed by atoms with Gasteiger partial charge in [-0.1, -0.05) is 6.08 Å². The molecule has 0 fully saturated rings. The van der Waals surface area contributed by atoms with Crippen LogP contribution in [0, 0.1) is 5.92 Å². The molecule has 0 aliphatic heterocycles. The lowest BCUT2D eigenvalue weighted by Crippen LogP contribution is -2.24. The van der Waals surface area contributed by atoms with Crippen LogP contribution in [-0.4, -0.2) is 22.7 Å². The second kappa shape index (κ2) is 4.91. The summed E-state index contributed by atoms with van der Waals surface area (Å²) < 4.78 is 0. The predicted molar refractivity (Wildman–Crippen MR) is 41.7 cm³/mol. The van der Waals surface area contributed by atoms with Crippen molar-refractivity contribution in [2.75, 3.05) is 5.88 Å². The maximum absolute atomic E-state index is 10.8. The molecule has 0 aliphatic rings. The molecule has 0 spiro atoms. The van der Waals surface area contributed by atoms with Gasteiger partial charge in [-0.2, -0.15) is 0 Å². The van der Waals surface area contributed by atoms with Crippen LogP contribution in [0.2, 0.25) is 0 Å². The van der Waals surface area contributed by atoms with E-state index < -0.39 is 17.7 Å². The number of aliphatic carboxylic acids is 1. The maximum Gasteiger partial charge on any atom is 0.314 e. The first kappa shape index (κ1) is 10.2. The lowest BCUT2D eigenvalue weighted by Gasteiger charge is -2.04. The molecule has 1 unspecified atom stereocenters. The molecule has 62 valence electrons. The van der Waals surface area contributed by atoms with Crippen molar-refractivity contribution in [2.45, 2.75) is 6.42 Å². The molecule has 0 aromatic heterocycles. The fourth-order valence-corrected chi connectivity index (χ4v) is 0.816. The average molecular weight is 177 g/mol. The summed E-state index contributed by atoms with van der Waals surface area (Å²) in [4.78, 5) is 21.1. The van der Waals surface area contributed by atoms with Crippen molar-refractivity contribution in [1.82, 2.24) is 0 Å². The predicted octanol–water partition coefficient (Wildman–Crippen LogP) is 1.07. The van der Waals surface area contributed by atoms with Crippen LogP contribution >= 0.6 is 11.6 Å². The van der Waals surface area contributed by atoms with E-state index in [1.807, 2.05) is 0 Å². The molecule has 4 heteroatoms. The summed E-state index contributed by atoms with van der Waals surface area (Å²) in [6.07, 6.45) is 1.53. The van der Waals surface area contributed by atoms with Gasteiger partial charge in [-0.25, -0.2) is 0 Å². The van der Waals surface area contributed by atoms with Crippen LogP contribution in [0.5, 0.6) is 0 Å². The molecule has 0 aliphatic carbocycles. The monoisotopic (exact) mass is 176 g/mol. The van der Waals surface area contributed by atoms with E-state index in [9.17, 15) is 9.59 Å². The number of rotatable bonds is 5. The Hall–Kier alpha value is -0.830. The van der Waals surface area contributed by atoms with Gasteiger partial charge in [0.25, 0.3) is 0 Å². The fourth-order valence-electron chi connectivity index (χ4n) is 0.630. The number of hydrogen-bond acceptors (Lipinski definition) is 2. The summed E-state index contributed by atoms with van der Waals surface area (Å²) >= 11 is 5.18. The molecule has 0 bridgehead atoms. The minimum absolute atomic E-state index is 0.140. The van der Waals surface area contributed by atoms with Crippen molar-refractivity contribution in [3.63, 3.8) is 0 Å². The van der Waals surface area contributed by atoms with Crippen molar-refractivity contribution in [3.05, 3.63) is 12.7 Å². The molecular weight excluding hydrogens is 168 g/mol. The van der Waals surface area contributed by atoms with Gasteiger partial charge in [-0.15, -0.1) is 18.2 Å². The highest BCUT2D eigenvalue weighted by atomic mass is 35.5. The zero-order valence-electron chi connectivity index (χ0n) is 5.92. The molecule has 0 heterocycles. The highest BCUT2D eigenvalue weighted by Gasteiger charge is 2.23. The van der Waals surface area contributed by atoms with Gasteiger partial charge in [0.05, 0.1) is 5.88 Å². The number of carboxylic acid groups (broad SMARTS) is 1. The van der Waals surface area contributed by atoms with Gasteiger partial charge < -0.3 is 5.11 Å². The van der Waals surface area contributed by atoms with Crippen molar-refractivity contribution < 1.29 is 14.7 Å². The summed E-state index contributed by atoms with van der Waals surface area (Å²) in [5, 5.41) is 8.48. The molecule has 0 saturated carbocycles. The number of halogens is 1. The third-order valence-electron chi connectivity index (χ3n) is 1.22. The molecular formula is C7H9ClO3. The number of Topliss-reactive ketones (excluding diaryl/α,β-unsaturated/α-hetero) is 1. The highest BCUT2D eigenvalue weighted by Crippen LogP contribution is 2.06. The van der Waals surface area contributed by atoms with Crippen LogP contribution in [0.1, 0.15) is 6.42 Å². The van der Waals surface area contributed by atoms with Crippen molar-refractivity contribution >= 4 is 23.4 Å².